The maximum absolute atomic E-state index is 12.1. The van der Waals surface area contributed by atoms with Crippen LogP contribution < -0.4 is 10.1 Å². The van der Waals surface area contributed by atoms with E-state index in [1.54, 1.807) is 31.2 Å². The lowest BCUT2D eigenvalue weighted by Gasteiger charge is -2.13. The number of imide groups is 1. The van der Waals surface area contributed by atoms with Crippen LogP contribution in [0.1, 0.15) is 17.3 Å². The van der Waals surface area contributed by atoms with Crippen molar-refractivity contribution in [3.05, 3.63) is 59.9 Å². The first-order valence-corrected chi connectivity index (χ1v) is 8.88. The molecule has 0 unspecified atom stereocenters. The van der Waals surface area contributed by atoms with Crippen molar-refractivity contribution >= 4 is 23.5 Å². The SMILES string of the molecule is CCOC(=O)c1ccnc(Oc2ccc(NC3=CC(=O)N(CCO)C3=O)cc2)c1. The highest BCUT2D eigenvalue weighted by molar-refractivity contribution is 6.17. The van der Waals surface area contributed by atoms with E-state index in [9.17, 15) is 14.4 Å². The summed E-state index contributed by atoms with van der Waals surface area (Å²) >= 11 is 0. The van der Waals surface area contributed by atoms with Crippen LogP contribution in [-0.2, 0) is 14.3 Å². The number of ether oxygens (including phenoxy) is 2. The third-order valence-corrected chi connectivity index (χ3v) is 3.93. The molecule has 1 aliphatic rings. The van der Waals surface area contributed by atoms with Gasteiger partial charge < -0.3 is 19.9 Å². The smallest absolute Gasteiger partial charge is 0.338 e. The maximum atomic E-state index is 12.1. The fourth-order valence-corrected chi connectivity index (χ4v) is 2.60. The van der Waals surface area contributed by atoms with Crippen molar-refractivity contribution < 1.29 is 29.0 Å². The van der Waals surface area contributed by atoms with E-state index in [1.165, 1.54) is 24.4 Å². The van der Waals surface area contributed by atoms with Gasteiger partial charge in [-0.15, -0.1) is 0 Å². The van der Waals surface area contributed by atoms with E-state index in [0.29, 0.717) is 17.0 Å². The number of amides is 2. The summed E-state index contributed by atoms with van der Waals surface area (Å²) in [5.74, 6) is -0.731. The first kappa shape index (κ1) is 20.0. The Balaban J connectivity index is 1.65. The number of hydrogen-bond donors (Lipinski definition) is 2. The van der Waals surface area contributed by atoms with Crippen LogP contribution >= 0.6 is 0 Å². The van der Waals surface area contributed by atoms with Crippen molar-refractivity contribution in [3.8, 4) is 11.6 Å². The number of β-amino-alcohol motifs (C(OH)–C–C–N with tert-alkyl or cyclic N) is 1. The molecule has 0 bridgehead atoms. The van der Waals surface area contributed by atoms with E-state index >= 15 is 0 Å². The van der Waals surface area contributed by atoms with Crippen LogP contribution in [0.2, 0.25) is 0 Å². The first-order valence-electron chi connectivity index (χ1n) is 8.88. The average molecular weight is 397 g/mol. The third kappa shape index (κ3) is 4.77. The van der Waals surface area contributed by atoms with Crippen LogP contribution in [0.15, 0.2) is 54.4 Å². The standard InChI is InChI=1S/C20H19N3O6/c1-2-28-20(27)13-7-8-21-17(11-13)29-15-5-3-14(4-6-15)22-16-12-18(25)23(9-10-24)19(16)26/h3-8,11-12,22,24H,2,9-10H2,1H3. The second-order valence-corrected chi connectivity index (χ2v) is 5.93. The lowest BCUT2D eigenvalue weighted by atomic mass is 10.2. The molecule has 1 aromatic carbocycles. The molecule has 29 heavy (non-hydrogen) atoms. The molecule has 0 fully saturated rings. The highest BCUT2D eigenvalue weighted by Crippen LogP contribution is 2.24. The second kappa shape index (κ2) is 8.98. The minimum absolute atomic E-state index is 0.0516. The number of aliphatic hydroxyl groups excluding tert-OH is 1. The zero-order valence-corrected chi connectivity index (χ0v) is 15.6. The fraction of sp³-hybridized carbons (Fsp3) is 0.200. The van der Waals surface area contributed by atoms with Gasteiger partial charge in [0.1, 0.15) is 11.4 Å². The van der Waals surface area contributed by atoms with Crippen molar-refractivity contribution in [2.75, 3.05) is 25.1 Å². The van der Waals surface area contributed by atoms with E-state index in [-0.39, 0.29) is 31.3 Å². The summed E-state index contributed by atoms with van der Waals surface area (Å²) in [4.78, 5) is 40.7. The average Bonchev–Trinajstić information content (AvgIpc) is 2.97. The minimum atomic E-state index is -0.496. The molecule has 2 N–H and O–H groups in total. The summed E-state index contributed by atoms with van der Waals surface area (Å²) in [6, 6.07) is 9.64. The van der Waals surface area contributed by atoms with Crippen molar-refractivity contribution in [2.45, 2.75) is 6.92 Å². The molecule has 3 rings (SSSR count). The Morgan fingerprint density at radius 3 is 2.66 bits per heavy atom. The molecular formula is C20H19N3O6. The Morgan fingerprint density at radius 2 is 1.97 bits per heavy atom. The fourth-order valence-electron chi connectivity index (χ4n) is 2.60. The normalized spacial score (nSPS) is 13.3. The minimum Gasteiger partial charge on any atom is -0.462 e. The van der Waals surface area contributed by atoms with Gasteiger partial charge in [0, 0.05) is 24.0 Å². The predicted molar refractivity (Wildman–Crippen MR) is 102 cm³/mol. The molecule has 9 heteroatoms. The van der Waals surface area contributed by atoms with E-state index in [1.807, 2.05) is 0 Å². The van der Waals surface area contributed by atoms with Crippen molar-refractivity contribution in [1.82, 2.24) is 9.88 Å². The molecule has 0 saturated carbocycles. The summed E-state index contributed by atoms with van der Waals surface area (Å²) in [5, 5.41) is 11.8. The van der Waals surface area contributed by atoms with E-state index in [0.717, 1.165) is 4.90 Å². The van der Waals surface area contributed by atoms with Gasteiger partial charge in [0.2, 0.25) is 5.88 Å². The number of pyridine rings is 1. The van der Waals surface area contributed by atoms with Gasteiger partial charge in [-0.05, 0) is 37.3 Å². The molecule has 1 aromatic heterocycles. The second-order valence-electron chi connectivity index (χ2n) is 5.93. The number of hydrogen-bond acceptors (Lipinski definition) is 8. The molecule has 0 radical (unpaired) electrons. The van der Waals surface area contributed by atoms with Gasteiger partial charge in [-0.25, -0.2) is 9.78 Å². The highest BCUT2D eigenvalue weighted by Gasteiger charge is 2.30. The molecule has 2 heterocycles. The van der Waals surface area contributed by atoms with Gasteiger partial charge in [-0.2, -0.15) is 0 Å². The molecular weight excluding hydrogens is 378 g/mol. The van der Waals surface area contributed by atoms with Crippen LogP contribution in [0, 0.1) is 0 Å². The number of carbonyl (C=O) groups excluding carboxylic acids is 3. The van der Waals surface area contributed by atoms with E-state index in [4.69, 9.17) is 14.6 Å². The molecule has 0 spiro atoms. The quantitative estimate of drug-likeness (QED) is 0.511. The van der Waals surface area contributed by atoms with E-state index < -0.39 is 17.8 Å². The third-order valence-electron chi connectivity index (χ3n) is 3.93. The van der Waals surface area contributed by atoms with Crippen LogP contribution in [0.5, 0.6) is 11.6 Å². The number of anilines is 1. The van der Waals surface area contributed by atoms with Gasteiger partial charge in [0.25, 0.3) is 11.8 Å². The molecule has 2 aromatic rings. The number of nitrogens with zero attached hydrogens (tertiary/aromatic N) is 2. The van der Waals surface area contributed by atoms with Crippen LogP contribution in [0.3, 0.4) is 0 Å². The largest absolute Gasteiger partial charge is 0.462 e. The summed E-state index contributed by atoms with van der Waals surface area (Å²) in [7, 11) is 0. The predicted octanol–water partition coefficient (Wildman–Crippen LogP) is 1.71. The van der Waals surface area contributed by atoms with E-state index in [2.05, 4.69) is 10.3 Å². The lowest BCUT2D eigenvalue weighted by Crippen LogP contribution is -2.34. The van der Waals surface area contributed by atoms with Crippen LogP contribution in [0.25, 0.3) is 0 Å². The number of rotatable bonds is 8. The van der Waals surface area contributed by atoms with Gasteiger partial charge >= 0.3 is 5.97 Å². The Hall–Kier alpha value is -3.72. The maximum Gasteiger partial charge on any atom is 0.338 e. The number of esters is 1. The summed E-state index contributed by atoms with van der Waals surface area (Å²) in [6.07, 6.45) is 2.64. The zero-order chi connectivity index (χ0) is 20.8. The molecule has 9 nitrogen and oxygen atoms in total. The Morgan fingerprint density at radius 1 is 1.21 bits per heavy atom. The number of carbonyl (C=O) groups is 3. The lowest BCUT2D eigenvalue weighted by molar-refractivity contribution is -0.137. The highest BCUT2D eigenvalue weighted by atomic mass is 16.5. The molecule has 0 aliphatic carbocycles. The first-order chi connectivity index (χ1) is 14.0. The Labute approximate surface area is 166 Å². The summed E-state index contributed by atoms with van der Waals surface area (Å²) < 4.78 is 10.6. The monoisotopic (exact) mass is 397 g/mol. The number of aliphatic hydroxyl groups is 1. The Bertz CT molecular complexity index is 955. The van der Waals surface area contributed by atoms with Crippen molar-refractivity contribution in [3.63, 3.8) is 0 Å². The van der Waals surface area contributed by atoms with Gasteiger partial charge in [0.05, 0.1) is 25.3 Å². The molecule has 1 aliphatic heterocycles. The zero-order valence-electron chi connectivity index (χ0n) is 15.6. The van der Waals surface area contributed by atoms with Crippen molar-refractivity contribution in [1.29, 1.82) is 0 Å². The van der Waals surface area contributed by atoms with Crippen LogP contribution in [-0.4, -0.2) is 52.5 Å². The van der Waals surface area contributed by atoms with Crippen LogP contribution in [0.4, 0.5) is 5.69 Å². The number of aromatic nitrogens is 1. The molecule has 150 valence electrons. The Kier molecular flexibility index (Phi) is 6.20. The molecule has 0 saturated heterocycles. The van der Waals surface area contributed by atoms with Gasteiger partial charge in [-0.3, -0.25) is 14.5 Å². The molecule has 2 amide bonds. The van der Waals surface area contributed by atoms with Gasteiger partial charge in [0.15, 0.2) is 0 Å². The van der Waals surface area contributed by atoms with Gasteiger partial charge in [-0.1, -0.05) is 0 Å². The topological polar surface area (TPSA) is 118 Å². The number of nitrogens with one attached hydrogen (secondary N) is 1. The summed E-state index contributed by atoms with van der Waals surface area (Å²) in [5.41, 5.74) is 1.03. The number of benzene rings is 1. The molecule has 0 atom stereocenters. The van der Waals surface area contributed by atoms with Crippen molar-refractivity contribution in [2.24, 2.45) is 0 Å². The summed E-state index contributed by atoms with van der Waals surface area (Å²) in [6.45, 7) is 1.65.